The smallest absolute Gasteiger partial charge is 0.307 e. The Morgan fingerprint density at radius 1 is 0.640 bits per heavy atom. The zero-order valence-electron chi connectivity index (χ0n) is 47.5. The second kappa shape index (κ2) is 25.9. The molecule has 4 aromatic rings. The van der Waals surface area contributed by atoms with E-state index < -0.39 is 112 Å². The van der Waals surface area contributed by atoms with Gasteiger partial charge in [0.15, 0.2) is 0 Å². The van der Waals surface area contributed by atoms with Gasteiger partial charge >= 0.3 is 5.97 Å². The minimum Gasteiger partial charge on any atom is -0.481 e. The number of alkyl halides is 4. The Balaban J connectivity index is 0.000000178. The maximum atomic E-state index is 16.0. The number of carboxylic acids is 1. The zero-order valence-corrected chi connectivity index (χ0v) is 51.3. The first-order valence-corrected chi connectivity index (χ1v) is 30.2. The number of Topliss-reactive ketones (excluding diaryl/α,β-unsaturated/α-hetero) is 1. The van der Waals surface area contributed by atoms with Crippen molar-refractivity contribution in [2.75, 3.05) is 78.0 Å². The molecule has 12 nitrogen and oxygen atoms in total. The molecule has 2 saturated heterocycles. The molecule has 0 aromatic heterocycles. The van der Waals surface area contributed by atoms with Crippen LogP contribution < -0.4 is 16.4 Å². The molecular weight excluding hydrogens is 1230 g/mol. The van der Waals surface area contributed by atoms with Crippen molar-refractivity contribution in [3.8, 4) is 0 Å². The number of halogens is 11. The van der Waals surface area contributed by atoms with Gasteiger partial charge in [-0.3, -0.25) is 36.7 Å². The van der Waals surface area contributed by atoms with Crippen LogP contribution in [-0.2, 0) is 49.0 Å². The number of rotatable bonds is 14. The molecule has 8 aliphatic rings. The summed E-state index contributed by atoms with van der Waals surface area (Å²) in [6.45, 7) is -1.35. The number of fused-ring (bicyclic) bond motifs is 6. The van der Waals surface area contributed by atoms with Crippen LogP contribution in [-0.4, -0.2) is 114 Å². The van der Waals surface area contributed by atoms with Crippen molar-refractivity contribution in [1.29, 1.82) is 0 Å². The molecule has 5 N–H and O–H groups in total. The minimum atomic E-state index is -1.55. The van der Waals surface area contributed by atoms with Crippen molar-refractivity contribution < 1.29 is 69.6 Å². The Bertz CT molecular complexity index is 3180. The minimum absolute atomic E-state index is 0. The lowest BCUT2D eigenvalue weighted by atomic mass is 9.43. The third-order valence-electron chi connectivity index (χ3n) is 20.1. The van der Waals surface area contributed by atoms with Crippen molar-refractivity contribution in [3.05, 3.63) is 127 Å². The van der Waals surface area contributed by atoms with Crippen LogP contribution in [0.3, 0.4) is 0 Å². The fourth-order valence-corrected chi connectivity index (χ4v) is 17.6. The van der Waals surface area contributed by atoms with E-state index in [2.05, 4.69) is 10.6 Å². The number of nitrogens with two attached hydrogens (primary N) is 1. The molecule has 2 amide bonds. The van der Waals surface area contributed by atoms with E-state index in [0.717, 1.165) is 25.7 Å². The number of anilines is 2. The highest BCUT2D eigenvalue weighted by molar-refractivity contribution is 6.32. The molecule has 4 aliphatic carbocycles. The number of hydrogen-bond acceptors (Lipinski definition) is 9. The lowest BCUT2D eigenvalue weighted by Gasteiger charge is -2.59. The molecule has 4 heterocycles. The highest BCUT2D eigenvalue weighted by Gasteiger charge is 2.79. The van der Waals surface area contributed by atoms with E-state index in [1.807, 2.05) is 0 Å². The van der Waals surface area contributed by atoms with Gasteiger partial charge in [0.05, 0.1) is 92.1 Å². The van der Waals surface area contributed by atoms with Crippen LogP contribution in [0.5, 0.6) is 0 Å². The first kappa shape index (κ1) is 66.2. The van der Waals surface area contributed by atoms with Crippen molar-refractivity contribution in [1.82, 2.24) is 0 Å². The predicted molar refractivity (Wildman–Crippen MR) is 318 cm³/mol. The first-order chi connectivity index (χ1) is 40.6. The summed E-state index contributed by atoms with van der Waals surface area (Å²) in [5, 5.41) is 16.3. The number of carbonyl (C=O) groups is 4. The zero-order chi connectivity index (χ0) is 61.0. The second-order valence-corrected chi connectivity index (χ2v) is 26.9. The molecule has 12 rings (SSSR count). The van der Waals surface area contributed by atoms with Gasteiger partial charge in [-0.1, -0.05) is 82.8 Å². The molecule has 0 unspecified atom stereocenters. The molecule has 10 atom stereocenters. The van der Waals surface area contributed by atoms with Gasteiger partial charge in [-0.15, -0.1) is 12.4 Å². The van der Waals surface area contributed by atoms with E-state index in [-0.39, 0.29) is 108 Å². The van der Waals surface area contributed by atoms with Gasteiger partial charge in [0.25, 0.3) is 0 Å². The topological polar surface area (TPSA) is 176 Å². The van der Waals surface area contributed by atoms with Crippen molar-refractivity contribution >= 4 is 93.8 Å². The number of aliphatic carboxylic acids is 1. The normalized spacial score (nSPS) is 30.0. The van der Waals surface area contributed by atoms with E-state index in [9.17, 15) is 41.8 Å². The Morgan fingerprint density at radius 3 is 1.47 bits per heavy atom. The summed E-state index contributed by atoms with van der Waals surface area (Å²) >= 11 is 24.7. The van der Waals surface area contributed by atoms with Crippen molar-refractivity contribution in [2.24, 2.45) is 45.1 Å². The number of nitrogens with one attached hydrogen (secondary N) is 2. The van der Waals surface area contributed by atoms with Crippen molar-refractivity contribution in [2.45, 2.75) is 112 Å². The Kier molecular flexibility index (Phi) is 20.0. The standard InChI is InChI=1S/C32H34Cl2F3NO4.C24H20Cl2F3NO3.C7H15NO2.ClH/c1-41-13-20-7-5-18(12-42-20)9-26(39)22-11-31(14-30(15-31,16-35)17-36)32(27(22)21-3-2-4-24(34)28(21)37)23-8-6-19(33)10-25(23)38-29(32)40;25-12-4-5-15-17(6-12)30-21(33)24(15)18(13-2-1-3-16(26)19(13)29)14(20(31)32)7-23(24)8-22(9-23,10-27)11-28;1-9-5-7-3-2-6(8)4-10-7;/h2-4,6,8,10,18,20,22,27H,5,7,9,11-17H2,1H3,(H,38,40);1-6,14,18H,7-11H2,(H,30,33)(H,31,32);6-7H,2-5,8H2,1H3;1H/t18-,20-,22-,27-,32+;14-,18+,24-;6-,7+;/m011./s1. The third kappa shape index (κ3) is 11.0. The van der Waals surface area contributed by atoms with Crippen LogP contribution in [0.4, 0.5) is 37.7 Å². The Hall–Kier alpha value is -4.21. The molecule has 23 heteroatoms. The van der Waals surface area contributed by atoms with Gasteiger partial charge in [-0.05, 0) is 140 Å². The largest absolute Gasteiger partial charge is 0.481 e. The fourth-order valence-electron chi connectivity index (χ4n) is 16.9. The monoisotopic (exact) mass is 1300 g/mol. The maximum absolute atomic E-state index is 16.0. The number of amides is 2. The lowest BCUT2D eigenvalue weighted by molar-refractivity contribution is -0.145. The second-order valence-electron chi connectivity index (χ2n) is 25.2. The summed E-state index contributed by atoms with van der Waals surface area (Å²) in [6, 6.07) is 18.9. The van der Waals surface area contributed by atoms with Crippen LogP contribution >= 0.6 is 58.8 Å². The Labute approximate surface area is 521 Å². The van der Waals surface area contributed by atoms with Gasteiger partial charge in [0.1, 0.15) is 17.4 Å². The van der Waals surface area contributed by atoms with Gasteiger partial charge in [-0.2, -0.15) is 0 Å². The van der Waals surface area contributed by atoms with Gasteiger partial charge in [0, 0.05) is 76.7 Å². The van der Waals surface area contributed by atoms with E-state index >= 15 is 8.78 Å². The SMILES string of the molecule is COC[C@@H]1CC[C@@H](CC(=O)[C@@H]2CC3(CC(CF)(CF)C3)[C@@]3(C(=O)Nc4cc(Cl)ccc43)[C@H]2c2cccc(Cl)c2F)CO1.COC[C@@H]1CC[C@@H](N)CO1.Cl.O=C(O)[C@@H]1CC2(CC(CF)(CF)C2)[C@@]2(C(=O)Nc3cc(Cl)ccc32)[C@H]1c1cccc(Cl)c1F. The van der Waals surface area contributed by atoms with Crippen LogP contribution in [0, 0.1) is 51.0 Å². The number of benzene rings is 4. The molecule has 0 radical (unpaired) electrons. The van der Waals surface area contributed by atoms with Gasteiger partial charge in [-0.25, -0.2) is 8.78 Å². The molecule has 4 saturated carbocycles. The van der Waals surface area contributed by atoms with Crippen molar-refractivity contribution in [3.63, 3.8) is 0 Å². The summed E-state index contributed by atoms with van der Waals surface area (Å²) in [6.07, 6.45) is 4.35. The number of ether oxygens (including phenoxy) is 4. The highest BCUT2D eigenvalue weighted by Crippen LogP contribution is 2.79. The lowest BCUT2D eigenvalue weighted by Crippen LogP contribution is -2.61. The summed E-state index contributed by atoms with van der Waals surface area (Å²) < 4.78 is 109. The molecule has 468 valence electrons. The fraction of sp³-hybridized carbons (Fsp3) is 0.556. The quantitative estimate of drug-likeness (QED) is 0.0889. The molecule has 4 aliphatic heterocycles. The average Bonchev–Trinajstić information content (AvgIpc) is 1.48. The molecule has 86 heavy (non-hydrogen) atoms. The molecule has 4 spiro atoms. The number of methoxy groups -OCH3 is 2. The number of ketones is 1. The number of hydrogen-bond donors (Lipinski definition) is 4. The van der Waals surface area contributed by atoms with Crippen LogP contribution in [0.2, 0.25) is 20.1 Å². The molecule has 4 aromatic carbocycles. The molecular formula is C63H70Cl5F6N3O9. The van der Waals surface area contributed by atoms with Gasteiger partial charge < -0.3 is 40.4 Å². The third-order valence-corrected chi connectivity index (χ3v) is 21.1. The number of carbonyl (C=O) groups excluding carboxylic acids is 3. The summed E-state index contributed by atoms with van der Waals surface area (Å²) in [5.74, 6) is -7.78. The summed E-state index contributed by atoms with van der Waals surface area (Å²) in [7, 11) is 3.31. The summed E-state index contributed by atoms with van der Waals surface area (Å²) in [5.41, 5.74) is 0.130. The van der Waals surface area contributed by atoms with Crippen LogP contribution in [0.15, 0.2) is 72.8 Å². The van der Waals surface area contributed by atoms with Crippen LogP contribution in [0.25, 0.3) is 0 Å². The van der Waals surface area contributed by atoms with Crippen LogP contribution in [0.1, 0.15) is 105 Å². The van der Waals surface area contributed by atoms with E-state index in [1.54, 1.807) is 62.8 Å². The number of carboxylic acid groups (broad SMARTS) is 1. The predicted octanol–water partition coefficient (Wildman–Crippen LogP) is 13.7. The van der Waals surface area contributed by atoms with E-state index in [4.69, 9.17) is 71.1 Å². The highest BCUT2D eigenvalue weighted by atomic mass is 35.5. The molecule has 0 bridgehead atoms. The van der Waals surface area contributed by atoms with Gasteiger partial charge in [0.2, 0.25) is 11.8 Å². The van der Waals surface area contributed by atoms with E-state index in [0.29, 0.717) is 59.0 Å². The molecule has 6 fully saturated rings. The average molecular weight is 1300 g/mol. The van der Waals surface area contributed by atoms with E-state index in [1.165, 1.54) is 24.3 Å². The maximum Gasteiger partial charge on any atom is 0.307 e. The summed E-state index contributed by atoms with van der Waals surface area (Å²) in [4.78, 5) is 55.0. The Morgan fingerprint density at radius 2 is 1.07 bits per heavy atom. The first-order valence-electron chi connectivity index (χ1n) is 28.7.